The number of aliphatic hydroxyl groups is 1. The minimum absolute atomic E-state index is 0.0553. The highest BCUT2D eigenvalue weighted by Gasteiger charge is 2.45. The predicted molar refractivity (Wildman–Crippen MR) is 130 cm³/mol. The van der Waals surface area contributed by atoms with Crippen LogP contribution in [0, 0.1) is 17.0 Å². The quantitative estimate of drug-likeness (QED) is 0.125. The van der Waals surface area contributed by atoms with Crippen LogP contribution in [0.25, 0.3) is 5.76 Å². The van der Waals surface area contributed by atoms with Gasteiger partial charge >= 0.3 is 0 Å². The Morgan fingerprint density at radius 2 is 1.83 bits per heavy atom. The van der Waals surface area contributed by atoms with Gasteiger partial charge in [-0.2, -0.15) is 0 Å². The van der Waals surface area contributed by atoms with E-state index in [4.69, 9.17) is 9.47 Å². The summed E-state index contributed by atoms with van der Waals surface area (Å²) in [6.07, 6.45) is 2.41. The van der Waals surface area contributed by atoms with Gasteiger partial charge < -0.3 is 19.5 Å². The lowest BCUT2D eigenvalue weighted by molar-refractivity contribution is -0.384. The number of aryl methyl sites for hydroxylation is 1. The van der Waals surface area contributed by atoms with E-state index in [9.17, 15) is 24.8 Å². The Bertz CT molecular complexity index is 1130. The van der Waals surface area contributed by atoms with Crippen LogP contribution in [0.3, 0.4) is 0 Å². The van der Waals surface area contributed by atoms with Gasteiger partial charge in [0, 0.05) is 38.0 Å². The molecule has 1 N–H and O–H groups in total. The molecule has 0 aliphatic carbocycles. The number of unbranched alkanes of at least 4 members (excludes halogenated alkanes) is 1. The van der Waals surface area contributed by atoms with Crippen molar-refractivity contribution in [1.82, 2.24) is 4.90 Å². The summed E-state index contributed by atoms with van der Waals surface area (Å²) in [5, 5.41) is 22.3. The van der Waals surface area contributed by atoms with Crippen molar-refractivity contribution in [3.8, 4) is 5.75 Å². The third-order valence-electron chi connectivity index (χ3n) is 5.91. The number of aliphatic hydroxyl groups excluding tert-OH is 1. The highest BCUT2D eigenvalue weighted by molar-refractivity contribution is 6.46. The molecule has 1 aliphatic heterocycles. The fourth-order valence-corrected chi connectivity index (χ4v) is 4.06. The Kier molecular flexibility index (Phi) is 8.59. The van der Waals surface area contributed by atoms with E-state index in [2.05, 4.69) is 6.92 Å². The van der Waals surface area contributed by atoms with Crippen LogP contribution < -0.4 is 4.74 Å². The summed E-state index contributed by atoms with van der Waals surface area (Å²) in [4.78, 5) is 38.0. The van der Waals surface area contributed by atoms with Crippen molar-refractivity contribution in [3.05, 3.63) is 74.8 Å². The van der Waals surface area contributed by atoms with Gasteiger partial charge in [-0.05, 0) is 61.2 Å². The number of carbonyl (C=O) groups is 2. The van der Waals surface area contributed by atoms with Crippen LogP contribution in [0.15, 0.2) is 48.0 Å². The maximum atomic E-state index is 13.1. The summed E-state index contributed by atoms with van der Waals surface area (Å²) in [5.74, 6) is -1.16. The Hall–Kier alpha value is -3.72. The average Bonchev–Trinajstić information content (AvgIpc) is 3.10. The molecule has 9 nitrogen and oxygen atoms in total. The number of rotatable bonds is 11. The van der Waals surface area contributed by atoms with Crippen LogP contribution >= 0.6 is 0 Å². The zero-order chi connectivity index (χ0) is 25.5. The number of hydrogen-bond acceptors (Lipinski definition) is 7. The molecule has 9 heteroatoms. The number of nitro benzene ring substituents is 1. The molecule has 0 aromatic heterocycles. The molecular formula is C26H30N2O7. The lowest BCUT2D eigenvalue weighted by Crippen LogP contribution is -2.31. The Balaban J connectivity index is 2.05. The molecule has 1 saturated heterocycles. The number of methoxy groups -OCH3 is 1. The molecule has 1 aliphatic rings. The van der Waals surface area contributed by atoms with Gasteiger partial charge in [-0.3, -0.25) is 19.7 Å². The van der Waals surface area contributed by atoms with E-state index >= 15 is 0 Å². The van der Waals surface area contributed by atoms with Gasteiger partial charge in [0.1, 0.15) is 11.5 Å². The number of Topliss-reactive ketones (excluding diaryl/α,β-unsaturated/α-hetero) is 1. The first kappa shape index (κ1) is 25.9. The zero-order valence-electron chi connectivity index (χ0n) is 20.2. The molecule has 2 aromatic rings. The topological polar surface area (TPSA) is 119 Å². The second-order valence-corrected chi connectivity index (χ2v) is 8.37. The molecule has 0 saturated carbocycles. The number of carbonyl (C=O) groups excluding carboxylic acids is 2. The highest BCUT2D eigenvalue weighted by Crippen LogP contribution is 2.40. The first-order chi connectivity index (χ1) is 16.8. The number of hydrogen-bond donors (Lipinski definition) is 1. The van der Waals surface area contributed by atoms with E-state index in [-0.39, 0.29) is 23.6 Å². The number of amides is 1. The minimum Gasteiger partial charge on any atom is -0.507 e. The highest BCUT2D eigenvalue weighted by atomic mass is 16.6. The van der Waals surface area contributed by atoms with Gasteiger partial charge in [0.25, 0.3) is 17.4 Å². The van der Waals surface area contributed by atoms with Crippen molar-refractivity contribution in [2.45, 2.75) is 39.2 Å². The summed E-state index contributed by atoms with van der Waals surface area (Å²) in [5.41, 5.74) is 1.49. The summed E-state index contributed by atoms with van der Waals surface area (Å²) in [6, 6.07) is 9.84. The van der Waals surface area contributed by atoms with Crippen molar-refractivity contribution in [1.29, 1.82) is 0 Å². The van der Waals surface area contributed by atoms with Crippen molar-refractivity contribution in [3.63, 3.8) is 0 Å². The standard InChI is InChI=1S/C26H30N2O7/c1-4-5-15-35-21-12-9-19(16-17(21)2)24(29)22-23(18-7-10-20(11-8-18)28(32)33)27(13-6-14-34-3)26(31)25(22)30/h7-12,16,23,29H,4-6,13-15H2,1-3H3. The molecule has 186 valence electrons. The number of nitrogens with zero attached hydrogens (tertiary/aromatic N) is 2. The van der Waals surface area contributed by atoms with E-state index in [0.717, 1.165) is 18.4 Å². The monoisotopic (exact) mass is 482 g/mol. The normalized spacial score (nSPS) is 17.1. The molecular weight excluding hydrogens is 452 g/mol. The third kappa shape index (κ3) is 5.68. The second kappa shape index (κ2) is 11.6. The van der Waals surface area contributed by atoms with Crippen molar-refractivity contribution in [2.24, 2.45) is 0 Å². The molecule has 1 unspecified atom stereocenters. The lowest BCUT2D eigenvalue weighted by atomic mass is 9.94. The zero-order valence-corrected chi connectivity index (χ0v) is 20.2. The molecule has 3 rings (SSSR count). The molecule has 0 spiro atoms. The van der Waals surface area contributed by atoms with Crippen LogP contribution in [0.2, 0.25) is 0 Å². The van der Waals surface area contributed by atoms with Crippen LogP contribution in [-0.4, -0.2) is 53.5 Å². The van der Waals surface area contributed by atoms with Gasteiger partial charge in [0.05, 0.1) is 23.1 Å². The van der Waals surface area contributed by atoms with E-state index in [0.29, 0.717) is 36.5 Å². The average molecular weight is 483 g/mol. The molecule has 0 bridgehead atoms. The lowest BCUT2D eigenvalue weighted by Gasteiger charge is -2.25. The Morgan fingerprint density at radius 3 is 2.43 bits per heavy atom. The molecule has 35 heavy (non-hydrogen) atoms. The van der Waals surface area contributed by atoms with Crippen LogP contribution in [0.1, 0.15) is 48.9 Å². The van der Waals surface area contributed by atoms with Crippen molar-refractivity contribution in [2.75, 3.05) is 26.9 Å². The van der Waals surface area contributed by atoms with Gasteiger partial charge in [0.2, 0.25) is 0 Å². The molecule has 1 heterocycles. The number of ketones is 1. The van der Waals surface area contributed by atoms with E-state index < -0.39 is 22.7 Å². The van der Waals surface area contributed by atoms with Crippen LogP contribution in [0.5, 0.6) is 5.75 Å². The minimum atomic E-state index is -0.881. The smallest absolute Gasteiger partial charge is 0.295 e. The van der Waals surface area contributed by atoms with Gasteiger partial charge in [-0.1, -0.05) is 13.3 Å². The van der Waals surface area contributed by atoms with Crippen LogP contribution in [0.4, 0.5) is 5.69 Å². The van der Waals surface area contributed by atoms with Gasteiger partial charge in [0.15, 0.2) is 0 Å². The summed E-state index contributed by atoms with van der Waals surface area (Å²) in [7, 11) is 1.54. The Morgan fingerprint density at radius 1 is 1.11 bits per heavy atom. The SMILES string of the molecule is CCCCOc1ccc(C(O)=C2C(=O)C(=O)N(CCCOC)C2c2ccc([N+](=O)[O-])cc2)cc1C. The fraction of sp³-hybridized carbons (Fsp3) is 0.385. The van der Waals surface area contributed by atoms with E-state index in [1.54, 1.807) is 25.3 Å². The van der Waals surface area contributed by atoms with E-state index in [1.807, 2.05) is 6.92 Å². The first-order valence-corrected chi connectivity index (χ1v) is 11.6. The number of benzene rings is 2. The largest absolute Gasteiger partial charge is 0.507 e. The molecule has 1 amide bonds. The maximum Gasteiger partial charge on any atom is 0.295 e. The molecule has 1 fully saturated rings. The van der Waals surface area contributed by atoms with Crippen molar-refractivity contribution < 1.29 is 29.1 Å². The summed E-state index contributed by atoms with van der Waals surface area (Å²) in [6.45, 7) is 5.10. The number of likely N-dealkylation sites (tertiary alicyclic amines) is 1. The predicted octanol–water partition coefficient (Wildman–Crippen LogP) is 4.54. The van der Waals surface area contributed by atoms with Crippen molar-refractivity contribution >= 4 is 23.1 Å². The maximum absolute atomic E-state index is 13.1. The number of non-ortho nitro benzene ring substituents is 1. The molecule has 0 radical (unpaired) electrons. The summed E-state index contributed by atoms with van der Waals surface area (Å²) < 4.78 is 10.9. The van der Waals surface area contributed by atoms with Crippen LogP contribution in [-0.2, 0) is 14.3 Å². The van der Waals surface area contributed by atoms with E-state index in [1.165, 1.54) is 29.2 Å². The number of ether oxygens (including phenoxy) is 2. The molecule has 1 atom stereocenters. The fourth-order valence-electron chi connectivity index (χ4n) is 4.06. The second-order valence-electron chi connectivity index (χ2n) is 8.37. The number of nitro groups is 1. The third-order valence-corrected chi connectivity index (χ3v) is 5.91. The Labute approximate surface area is 204 Å². The first-order valence-electron chi connectivity index (χ1n) is 11.6. The summed E-state index contributed by atoms with van der Waals surface area (Å²) >= 11 is 0. The molecule has 2 aromatic carbocycles. The van der Waals surface area contributed by atoms with Gasteiger partial charge in [-0.25, -0.2) is 0 Å². The van der Waals surface area contributed by atoms with Gasteiger partial charge in [-0.15, -0.1) is 0 Å².